The third-order valence-corrected chi connectivity index (χ3v) is 7.18. The molecule has 4 rings (SSSR count). The maximum Gasteiger partial charge on any atom is 0.262 e. The van der Waals surface area contributed by atoms with Crippen LogP contribution in [0.1, 0.15) is 26.4 Å². The largest absolute Gasteiger partial charge is 0.506 e. The molecule has 1 unspecified atom stereocenters. The fraction of sp³-hybridized carbons (Fsp3) is 0.280. The van der Waals surface area contributed by atoms with Crippen molar-refractivity contribution in [3.63, 3.8) is 0 Å². The second-order valence-electron chi connectivity index (χ2n) is 8.50. The number of hydrogen-bond acceptors (Lipinski definition) is 6. The second-order valence-corrected chi connectivity index (χ2v) is 10.2. The summed E-state index contributed by atoms with van der Waals surface area (Å²) in [6, 6.07) is 13.1. The van der Waals surface area contributed by atoms with E-state index in [1.54, 1.807) is 24.3 Å². The number of fused-ring (bicyclic) bond motifs is 1. The molecule has 0 spiro atoms. The molecule has 34 heavy (non-hydrogen) atoms. The molecule has 1 aliphatic rings. The lowest BCUT2D eigenvalue weighted by Crippen LogP contribution is -2.45. The number of halogens is 1. The Morgan fingerprint density at radius 2 is 1.88 bits per heavy atom. The van der Waals surface area contributed by atoms with Crippen molar-refractivity contribution < 1.29 is 14.7 Å². The molecule has 0 saturated heterocycles. The van der Waals surface area contributed by atoms with Gasteiger partial charge in [-0.05, 0) is 73.0 Å². The Labute approximate surface area is 207 Å². The molecule has 0 bridgehead atoms. The normalized spacial score (nSPS) is 14.6. The maximum atomic E-state index is 13.3. The van der Waals surface area contributed by atoms with E-state index < -0.39 is 6.04 Å². The zero-order chi connectivity index (χ0) is 24.2. The summed E-state index contributed by atoms with van der Waals surface area (Å²) in [5.41, 5.74) is 9.96. The highest BCUT2D eigenvalue weighted by molar-refractivity contribution is 7.18. The summed E-state index contributed by atoms with van der Waals surface area (Å²) < 4.78 is 0.494. The first-order valence-corrected chi connectivity index (χ1v) is 12.2. The number of carbonyl (C=O) groups is 2. The van der Waals surface area contributed by atoms with E-state index in [9.17, 15) is 14.7 Å². The highest BCUT2D eigenvalue weighted by Crippen LogP contribution is 2.24. The number of nitrogen functional groups attached to an aromatic ring is 1. The van der Waals surface area contributed by atoms with Crippen molar-refractivity contribution in [1.29, 1.82) is 0 Å². The van der Waals surface area contributed by atoms with Crippen LogP contribution in [0.15, 0.2) is 48.5 Å². The predicted octanol–water partition coefficient (Wildman–Crippen LogP) is 3.70. The van der Waals surface area contributed by atoms with E-state index in [0.29, 0.717) is 20.5 Å². The first kappa shape index (κ1) is 24.1. The molecule has 0 aliphatic carbocycles. The molecule has 1 atom stereocenters. The average molecular weight is 499 g/mol. The van der Waals surface area contributed by atoms with E-state index >= 15 is 0 Å². The number of anilines is 2. The van der Waals surface area contributed by atoms with Crippen LogP contribution >= 0.6 is 22.9 Å². The Morgan fingerprint density at radius 1 is 1.12 bits per heavy atom. The SMILES string of the molecule is CN1CCc2ccc(NC(=O)C(Cc3ccc(O)c(N)c3)NC(=O)c3ccc(Cl)s3)cc2CC1. The van der Waals surface area contributed by atoms with Crippen LogP contribution in [0.25, 0.3) is 0 Å². The van der Waals surface area contributed by atoms with E-state index in [2.05, 4.69) is 28.6 Å². The molecule has 0 radical (unpaired) electrons. The number of nitrogens with zero attached hydrogens (tertiary/aromatic N) is 1. The molecule has 2 amide bonds. The molecular formula is C25H27ClN4O3S. The first-order chi connectivity index (χ1) is 16.3. The van der Waals surface area contributed by atoms with Crippen molar-refractivity contribution >= 4 is 46.1 Å². The van der Waals surface area contributed by atoms with Crippen LogP contribution < -0.4 is 16.4 Å². The number of benzene rings is 2. The minimum Gasteiger partial charge on any atom is -0.506 e. The van der Waals surface area contributed by atoms with Crippen molar-refractivity contribution in [1.82, 2.24) is 10.2 Å². The molecular weight excluding hydrogens is 472 g/mol. The molecule has 9 heteroatoms. The Bertz CT molecular complexity index is 1210. The molecule has 2 heterocycles. The molecule has 3 aromatic rings. The molecule has 0 saturated carbocycles. The number of nitrogens with two attached hydrogens (primary N) is 1. The highest BCUT2D eigenvalue weighted by atomic mass is 35.5. The standard InChI is InChI=1S/C25H27ClN4O3S/c1-30-10-8-16-3-4-18(14-17(16)9-11-30)28-24(32)20(13-15-2-5-21(31)19(27)12-15)29-25(33)22-6-7-23(26)34-22/h2-7,12,14,20,31H,8-11,13,27H2,1H3,(H,28,32)(H,29,33). The van der Waals surface area contributed by atoms with E-state index in [4.69, 9.17) is 17.3 Å². The summed E-state index contributed by atoms with van der Waals surface area (Å²) in [6.45, 7) is 1.98. The third-order valence-electron chi connectivity index (χ3n) is 5.95. The van der Waals surface area contributed by atoms with Gasteiger partial charge >= 0.3 is 0 Å². The Morgan fingerprint density at radius 3 is 2.59 bits per heavy atom. The van der Waals surface area contributed by atoms with Crippen molar-refractivity contribution in [2.45, 2.75) is 25.3 Å². The zero-order valence-corrected chi connectivity index (χ0v) is 20.4. The van der Waals surface area contributed by atoms with Crippen molar-refractivity contribution in [3.8, 4) is 5.75 Å². The Balaban J connectivity index is 1.54. The predicted molar refractivity (Wildman–Crippen MR) is 137 cm³/mol. The van der Waals surface area contributed by atoms with Crippen molar-refractivity contribution in [2.75, 3.05) is 31.2 Å². The third kappa shape index (κ3) is 5.88. The summed E-state index contributed by atoms with van der Waals surface area (Å²) >= 11 is 7.12. The van der Waals surface area contributed by atoms with Gasteiger partial charge in [0.05, 0.1) is 14.9 Å². The van der Waals surface area contributed by atoms with Gasteiger partial charge in [0.25, 0.3) is 5.91 Å². The maximum absolute atomic E-state index is 13.3. The van der Waals surface area contributed by atoms with E-state index in [0.717, 1.165) is 37.3 Å². The Kier molecular flexibility index (Phi) is 7.41. The quantitative estimate of drug-likeness (QED) is 0.306. The number of phenols is 1. The fourth-order valence-electron chi connectivity index (χ4n) is 3.99. The number of phenolic OH excluding ortho intramolecular Hbond substituents is 1. The Hall–Kier alpha value is -3.07. The number of rotatable bonds is 6. The number of nitrogens with one attached hydrogen (secondary N) is 2. The van der Waals surface area contributed by atoms with Gasteiger partial charge in [-0.15, -0.1) is 11.3 Å². The number of carbonyl (C=O) groups excluding carboxylic acids is 2. The van der Waals surface area contributed by atoms with Gasteiger partial charge in [0.15, 0.2) is 0 Å². The number of hydrogen-bond donors (Lipinski definition) is 4. The summed E-state index contributed by atoms with van der Waals surface area (Å²) in [5, 5.41) is 15.5. The van der Waals surface area contributed by atoms with Gasteiger partial charge in [-0.1, -0.05) is 23.7 Å². The van der Waals surface area contributed by atoms with E-state index in [1.165, 1.54) is 17.2 Å². The molecule has 178 valence electrons. The summed E-state index contributed by atoms with van der Waals surface area (Å²) in [4.78, 5) is 28.8. The van der Waals surface area contributed by atoms with Crippen molar-refractivity contribution in [3.05, 3.63) is 74.4 Å². The van der Waals surface area contributed by atoms with Crippen LogP contribution in [0.4, 0.5) is 11.4 Å². The van der Waals surface area contributed by atoms with Crippen LogP contribution in [-0.2, 0) is 24.1 Å². The smallest absolute Gasteiger partial charge is 0.262 e. The number of aromatic hydroxyl groups is 1. The van der Waals surface area contributed by atoms with Crippen LogP contribution in [0.3, 0.4) is 0 Å². The van der Waals surface area contributed by atoms with Gasteiger partial charge in [-0.25, -0.2) is 0 Å². The summed E-state index contributed by atoms with van der Waals surface area (Å²) in [6.07, 6.45) is 2.10. The second kappa shape index (κ2) is 10.5. The summed E-state index contributed by atoms with van der Waals surface area (Å²) in [5.74, 6) is -0.750. The molecule has 0 fully saturated rings. The lowest BCUT2D eigenvalue weighted by Gasteiger charge is -2.19. The van der Waals surface area contributed by atoms with E-state index in [-0.39, 0.29) is 29.7 Å². The molecule has 1 aromatic heterocycles. The highest BCUT2D eigenvalue weighted by Gasteiger charge is 2.24. The molecule has 2 aromatic carbocycles. The van der Waals surface area contributed by atoms with Crippen LogP contribution in [0.5, 0.6) is 5.75 Å². The van der Waals surface area contributed by atoms with E-state index in [1.807, 2.05) is 12.1 Å². The topological polar surface area (TPSA) is 108 Å². The van der Waals surface area contributed by atoms with Gasteiger partial charge < -0.3 is 26.4 Å². The van der Waals surface area contributed by atoms with Gasteiger partial charge in [0.2, 0.25) is 5.91 Å². The summed E-state index contributed by atoms with van der Waals surface area (Å²) in [7, 11) is 2.11. The molecule has 5 N–H and O–H groups in total. The average Bonchev–Trinajstić information content (AvgIpc) is 3.16. The van der Waals surface area contributed by atoms with Gasteiger partial charge in [-0.2, -0.15) is 0 Å². The van der Waals surface area contributed by atoms with Crippen LogP contribution in [0.2, 0.25) is 4.34 Å². The first-order valence-electron chi connectivity index (χ1n) is 11.0. The minimum atomic E-state index is -0.859. The van der Waals surface area contributed by atoms with Crippen LogP contribution in [0, 0.1) is 0 Å². The van der Waals surface area contributed by atoms with Gasteiger partial charge in [-0.3, -0.25) is 9.59 Å². The van der Waals surface area contributed by atoms with Gasteiger partial charge in [0.1, 0.15) is 11.8 Å². The lowest BCUT2D eigenvalue weighted by atomic mass is 10.0. The monoisotopic (exact) mass is 498 g/mol. The number of thiophene rings is 1. The molecule has 1 aliphatic heterocycles. The van der Waals surface area contributed by atoms with Crippen LogP contribution in [-0.4, -0.2) is 48.0 Å². The number of likely N-dealkylation sites (N-methyl/N-ethyl adjacent to an activating group) is 1. The lowest BCUT2D eigenvalue weighted by molar-refractivity contribution is -0.118. The minimum absolute atomic E-state index is 0.0300. The molecule has 7 nitrogen and oxygen atoms in total. The zero-order valence-electron chi connectivity index (χ0n) is 18.8. The van der Waals surface area contributed by atoms with Crippen molar-refractivity contribution in [2.24, 2.45) is 0 Å². The van der Waals surface area contributed by atoms with Gasteiger partial charge in [0, 0.05) is 25.2 Å². The fourth-order valence-corrected chi connectivity index (χ4v) is 4.93. The number of amides is 2.